The molecule has 0 saturated carbocycles. The molecule has 4 aromatic rings. The molecular weight excluding hydrogens is 442 g/mol. The average Bonchev–Trinajstić information content (AvgIpc) is 3.24. The molecule has 1 N–H and O–H groups in total. The van der Waals surface area contributed by atoms with Gasteiger partial charge in [-0.05, 0) is 45.0 Å². The summed E-state index contributed by atoms with van der Waals surface area (Å²) in [6.07, 6.45) is 0. The molecule has 5 rings (SSSR count). The molecule has 3 heterocycles. The number of urea groups is 1. The maximum absolute atomic E-state index is 12.9. The number of aryl methyl sites for hydroxylation is 2. The van der Waals surface area contributed by atoms with Crippen molar-refractivity contribution in [3.63, 3.8) is 0 Å². The van der Waals surface area contributed by atoms with E-state index in [1.54, 1.807) is 0 Å². The number of anilines is 2. The van der Waals surface area contributed by atoms with E-state index in [4.69, 9.17) is 9.84 Å². The van der Waals surface area contributed by atoms with Crippen LogP contribution in [0.4, 0.5) is 16.3 Å². The van der Waals surface area contributed by atoms with Crippen LogP contribution in [0.25, 0.3) is 16.6 Å². The van der Waals surface area contributed by atoms with Crippen LogP contribution in [0, 0.1) is 13.8 Å². The van der Waals surface area contributed by atoms with Crippen molar-refractivity contribution in [1.82, 2.24) is 24.9 Å². The number of carbonyl (C=O) groups excluding carboxylic acids is 1. The maximum atomic E-state index is 12.9. The van der Waals surface area contributed by atoms with E-state index in [2.05, 4.69) is 27.3 Å². The number of aromatic nitrogens is 4. The number of piperazine rings is 1. The summed E-state index contributed by atoms with van der Waals surface area (Å²) in [4.78, 5) is 16.9. The Hall–Kier alpha value is -4.14. The molecule has 1 fully saturated rings. The molecule has 0 radical (unpaired) electrons. The van der Waals surface area contributed by atoms with Crippen molar-refractivity contribution in [3.8, 4) is 11.4 Å². The summed E-state index contributed by atoms with van der Waals surface area (Å²) in [5, 5.41) is 17.9. The molecule has 180 valence electrons. The molecule has 0 spiro atoms. The minimum absolute atomic E-state index is 0.138. The predicted molar refractivity (Wildman–Crippen MR) is 137 cm³/mol. The largest absolute Gasteiger partial charge is 0.492 e. The van der Waals surface area contributed by atoms with Crippen LogP contribution in [0.3, 0.4) is 0 Å². The first-order valence-electron chi connectivity index (χ1n) is 11.9. The van der Waals surface area contributed by atoms with Gasteiger partial charge in [0.15, 0.2) is 5.82 Å². The number of rotatable bonds is 5. The Bertz CT molecular complexity index is 1340. The van der Waals surface area contributed by atoms with Crippen LogP contribution in [-0.2, 0) is 0 Å². The monoisotopic (exact) mass is 471 g/mol. The fraction of sp³-hybridized carbons (Fsp3) is 0.308. The lowest BCUT2D eigenvalue weighted by molar-refractivity contribution is 0.208. The third-order valence-electron chi connectivity index (χ3n) is 6.28. The smallest absolute Gasteiger partial charge is 0.322 e. The highest BCUT2D eigenvalue weighted by molar-refractivity contribution is 5.93. The minimum Gasteiger partial charge on any atom is -0.492 e. The summed E-state index contributed by atoms with van der Waals surface area (Å²) in [7, 11) is 0. The van der Waals surface area contributed by atoms with Crippen LogP contribution < -0.4 is 15.0 Å². The first kappa shape index (κ1) is 22.6. The van der Waals surface area contributed by atoms with Crippen molar-refractivity contribution in [2.45, 2.75) is 20.8 Å². The Balaban J connectivity index is 1.34. The van der Waals surface area contributed by atoms with E-state index in [1.165, 1.54) is 0 Å². The van der Waals surface area contributed by atoms with Crippen LogP contribution >= 0.6 is 0 Å². The summed E-state index contributed by atoms with van der Waals surface area (Å²) >= 11 is 0. The van der Waals surface area contributed by atoms with E-state index in [0.717, 1.165) is 33.8 Å². The number of fused-ring (bicyclic) bond motifs is 1. The lowest BCUT2D eigenvalue weighted by Crippen LogP contribution is -2.50. The second-order valence-electron chi connectivity index (χ2n) is 8.50. The van der Waals surface area contributed by atoms with E-state index in [0.29, 0.717) is 44.2 Å². The van der Waals surface area contributed by atoms with Gasteiger partial charge in [0, 0.05) is 26.2 Å². The summed E-state index contributed by atoms with van der Waals surface area (Å²) in [5.41, 5.74) is 4.40. The van der Waals surface area contributed by atoms with Crippen molar-refractivity contribution in [3.05, 3.63) is 66.0 Å². The van der Waals surface area contributed by atoms with Gasteiger partial charge in [0.2, 0.25) is 0 Å². The van der Waals surface area contributed by atoms with Crippen LogP contribution in [0.2, 0.25) is 0 Å². The van der Waals surface area contributed by atoms with Crippen LogP contribution in [0.15, 0.2) is 54.6 Å². The third kappa shape index (κ3) is 4.37. The minimum atomic E-state index is -0.138. The molecule has 2 amide bonds. The summed E-state index contributed by atoms with van der Waals surface area (Å²) < 4.78 is 7.58. The zero-order valence-corrected chi connectivity index (χ0v) is 20.2. The fourth-order valence-electron chi connectivity index (χ4n) is 4.51. The zero-order chi connectivity index (χ0) is 24.4. The topological polar surface area (TPSA) is 88.4 Å². The number of benzene rings is 2. The average molecular weight is 472 g/mol. The van der Waals surface area contributed by atoms with Gasteiger partial charge in [0.25, 0.3) is 0 Å². The quantitative estimate of drug-likeness (QED) is 0.470. The van der Waals surface area contributed by atoms with Crippen molar-refractivity contribution in [2.75, 3.05) is 43.0 Å². The number of para-hydroxylation sites is 3. The molecule has 2 aromatic carbocycles. The van der Waals surface area contributed by atoms with E-state index in [-0.39, 0.29) is 6.03 Å². The van der Waals surface area contributed by atoms with Gasteiger partial charge in [0.1, 0.15) is 11.3 Å². The van der Waals surface area contributed by atoms with Crippen LogP contribution in [-0.4, -0.2) is 63.7 Å². The van der Waals surface area contributed by atoms with Crippen molar-refractivity contribution < 1.29 is 9.53 Å². The van der Waals surface area contributed by atoms with E-state index >= 15 is 0 Å². The number of ether oxygens (including phenoxy) is 1. The molecular formula is C26H29N7O2. The lowest BCUT2D eigenvalue weighted by atomic mass is 10.2. The van der Waals surface area contributed by atoms with Crippen LogP contribution in [0.1, 0.15) is 18.3 Å². The Morgan fingerprint density at radius 2 is 1.69 bits per heavy atom. The third-order valence-corrected chi connectivity index (χ3v) is 6.28. The van der Waals surface area contributed by atoms with Crippen molar-refractivity contribution in [2.24, 2.45) is 0 Å². The molecule has 9 nitrogen and oxygen atoms in total. The van der Waals surface area contributed by atoms with Gasteiger partial charge in [-0.3, -0.25) is 0 Å². The first-order chi connectivity index (χ1) is 17.1. The number of hydrogen-bond acceptors (Lipinski definition) is 6. The van der Waals surface area contributed by atoms with Gasteiger partial charge in [-0.25, -0.2) is 9.48 Å². The highest BCUT2D eigenvalue weighted by Gasteiger charge is 2.26. The van der Waals surface area contributed by atoms with Gasteiger partial charge in [-0.15, -0.1) is 5.10 Å². The Morgan fingerprint density at radius 3 is 2.43 bits per heavy atom. The second kappa shape index (κ2) is 9.61. The standard InChI is InChI=1S/C26H29N7O2/c1-4-35-22-13-9-8-12-21(22)27-26(34)32-16-14-31(15-17-32)25-24-23(18(2)28-29-25)19(3)33(30-24)20-10-6-5-7-11-20/h5-13H,4,14-17H2,1-3H3,(H,27,34). The number of nitrogens with one attached hydrogen (secondary N) is 1. The summed E-state index contributed by atoms with van der Waals surface area (Å²) in [6.45, 7) is 8.91. The van der Waals surface area contributed by atoms with Gasteiger partial charge in [-0.2, -0.15) is 10.2 Å². The Labute approximate surface area is 204 Å². The second-order valence-corrected chi connectivity index (χ2v) is 8.50. The van der Waals surface area contributed by atoms with Crippen molar-refractivity contribution >= 4 is 28.4 Å². The van der Waals surface area contributed by atoms with Crippen molar-refractivity contribution in [1.29, 1.82) is 0 Å². The number of hydrogen-bond donors (Lipinski definition) is 1. The van der Waals surface area contributed by atoms with Crippen LogP contribution in [0.5, 0.6) is 5.75 Å². The molecule has 0 unspecified atom stereocenters. The number of amides is 2. The molecule has 0 atom stereocenters. The van der Waals surface area contributed by atoms with Gasteiger partial charge in [0.05, 0.1) is 34.8 Å². The van der Waals surface area contributed by atoms with E-state index < -0.39 is 0 Å². The maximum Gasteiger partial charge on any atom is 0.322 e. The lowest BCUT2D eigenvalue weighted by Gasteiger charge is -2.35. The van der Waals surface area contributed by atoms with Gasteiger partial charge < -0.3 is 19.9 Å². The highest BCUT2D eigenvalue weighted by atomic mass is 16.5. The molecule has 9 heteroatoms. The molecule has 0 bridgehead atoms. The zero-order valence-electron chi connectivity index (χ0n) is 20.2. The summed E-state index contributed by atoms with van der Waals surface area (Å²) in [5.74, 6) is 1.42. The molecule has 2 aromatic heterocycles. The first-order valence-corrected chi connectivity index (χ1v) is 11.9. The highest BCUT2D eigenvalue weighted by Crippen LogP contribution is 2.30. The molecule has 35 heavy (non-hydrogen) atoms. The SMILES string of the molecule is CCOc1ccccc1NC(=O)N1CCN(c2nnc(C)c3c(C)n(-c4ccccc4)nc23)CC1. The number of carbonyl (C=O) groups is 1. The normalized spacial score (nSPS) is 13.8. The van der Waals surface area contributed by atoms with Gasteiger partial charge in [-0.1, -0.05) is 30.3 Å². The summed E-state index contributed by atoms with van der Waals surface area (Å²) in [6, 6.07) is 17.4. The Morgan fingerprint density at radius 1 is 0.971 bits per heavy atom. The van der Waals surface area contributed by atoms with E-state index in [9.17, 15) is 4.79 Å². The molecule has 0 aliphatic carbocycles. The molecule has 1 saturated heterocycles. The molecule has 1 aliphatic heterocycles. The van der Waals surface area contributed by atoms with Gasteiger partial charge >= 0.3 is 6.03 Å². The number of nitrogens with zero attached hydrogens (tertiary/aromatic N) is 6. The Kier molecular flexibility index (Phi) is 6.22. The van der Waals surface area contributed by atoms with E-state index in [1.807, 2.05) is 78.0 Å². The molecule has 1 aliphatic rings. The predicted octanol–water partition coefficient (Wildman–Crippen LogP) is 4.19. The fourth-order valence-corrected chi connectivity index (χ4v) is 4.51.